The van der Waals surface area contributed by atoms with E-state index in [0.717, 1.165) is 17.1 Å². The molecule has 0 saturated carbocycles. The molecule has 0 spiro atoms. The molecule has 0 saturated heterocycles. The summed E-state index contributed by atoms with van der Waals surface area (Å²) in [6.45, 7) is 0. The Morgan fingerprint density at radius 3 is 1.59 bits per heavy atom. The van der Waals surface area contributed by atoms with E-state index in [0.29, 0.717) is 0 Å². The third-order valence-corrected chi connectivity index (χ3v) is 12.3. The maximum absolute atomic E-state index is 2.44. The van der Waals surface area contributed by atoms with Crippen LogP contribution in [0.2, 0.25) is 0 Å². The van der Waals surface area contributed by atoms with Crippen molar-refractivity contribution in [3.05, 3.63) is 212 Å². The molecule has 11 aromatic rings. The molecule has 2 heteroatoms. The number of benzene rings is 10. The number of hydrogen-bond donors (Lipinski definition) is 0. The summed E-state index contributed by atoms with van der Waals surface area (Å²) in [5, 5.41) is 10.1. The minimum Gasteiger partial charge on any atom is -0.310 e. The molecular weight excluding hydrogens is 695 g/mol. The summed E-state index contributed by atoms with van der Waals surface area (Å²) in [6.07, 6.45) is 0. The predicted octanol–water partition coefficient (Wildman–Crippen LogP) is 16.0. The maximum atomic E-state index is 2.44. The molecule has 0 atom stereocenters. The van der Waals surface area contributed by atoms with E-state index in [1.54, 1.807) is 0 Å². The van der Waals surface area contributed by atoms with Crippen LogP contribution in [0.25, 0.3) is 85.9 Å². The van der Waals surface area contributed by atoms with Crippen LogP contribution in [0.1, 0.15) is 0 Å². The van der Waals surface area contributed by atoms with Crippen molar-refractivity contribution < 1.29 is 0 Å². The quantitative estimate of drug-likeness (QED) is 0.154. The minimum atomic E-state index is 1.11. The van der Waals surface area contributed by atoms with Gasteiger partial charge in [0.25, 0.3) is 0 Å². The summed E-state index contributed by atoms with van der Waals surface area (Å²) in [5.41, 5.74) is 10.7. The van der Waals surface area contributed by atoms with E-state index in [4.69, 9.17) is 0 Å². The van der Waals surface area contributed by atoms with E-state index < -0.39 is 0 Å². The van der Waals surface area contributed by atoms with Gasteiger partial charge in [-0.2, -0.15) is 0 Å². The Bertz CT molecular complexity index is 3250. The van der Waals surface area contributed by atoms with Gasteiger partial charge in [0.05, 0.1) is 0 Å². The maximum Gasteiger partial charge on any atom is 0.0476 e. The molecule has 1 heterocycles. The van der Waals surface area contributed by atoms with Gasteiger partial charge in [-0.3, -0.25) is 0 Å². The summed E-state index contributed by atoms with van der Waals surface area (Å²) in [6, 6.07) is 77.9. The van der Waals surface area contributed by atoms with Crippen molar-refractivity contribution >= 4 is 80.9 Å². The van der Waals surface area contributed by atoms with Crippen LogP contribution in [0.3, 0.4) is 0 Å². The van der Waals surface area contributed by atoms with Crippen LogP contribution in [-0.4, -0.2) is 0 Å². The molecule has 0 unspecified atom stereocenters. The minimum absolute atomic E-state index is 1.11. The molecule has 0 fully saturated rings. The van der Waals surface area contributed by atoms with Crippen LogP contribution in [0, 0.1) is 0 Å². The first kappa shape index (κ1) is 32.4. The van der Waals surface area contributed by atoms with E-state index in [1.165, 1.54) is 85.9 Å². The molecule has 56 heavy (non-hydrogen) atoms. The van der Waals surface area contributed by atoms with Gasteiger partial charge in [-0.1, -0.05) is 164 Å². The molecule has 10 aromatic carbocycles. The summed E-state index contributed by atoms with van der Waals surface area (Å²) >= 11 is 1.86. The van der Waals surface area contributed by atoms with Crippen LogP contribution in [0.5, 0.6) is 0 Å². The van der Waals surface area contributed by atoms with E-state index in [-0.39, 0.29) is 0 Å². The second-order valence-electron chi connectivity index (χ2n) is 14.5. The lowest BCUT2D eigenvalue weighted by atomic mass is 9.85. The van der Waals surface area contributed by atoms with E-state index in [2.05, 4.69) is 217 Å². The second kappa shape index (κ2) is 13.4. The SMILES string of the molecule is c1ccc(-c2c(-c3ccccc3)c3cc(N(c4cccc(-c5ccc6ccccc6c5)c4)c4ccc5c(c4)sc4ccccc45)ccc3c3ccccc23)cc1. The molecule has 262 valence electrons. The molecule has 0 radical (unpaired) electrons. The Morgan fingerprint density at radius 2 is 0.804 bits per heavy atom. The fourth-order valence-corrected chi connectivity index (χ4v) is 9.76. The Morgan fingerprint density at radius 1 is 0.268 bits per heavy atom. The van der Waals surface area contributed by atoms with Crippen molar-refractivity contribution in [2.45, 2.75) is 0 Å². The van der Waals surface area contributed by atoms with E-state index in [1.807, 2.05) is 11.3 Å². The molecule has 0 aliphatic rings. The molecule has 0 bridgehead atoms. The molecule has 0 aliphatic heterocycles. The Kier molecular flexibility index (Phi) is 7.75. The van der Waals surface area contributed by atoms with Crippen molar-refractivity contribution in [3.63, 3.8) is 0 Å². The highest BCUT2D eigenvalue weighted by atomic mass is 32.1. The molecule has 1 nitrogen and oxygen atoms in total. The lowest BCUT2D eigenvalue weighted by molar-refractivity contribution is 1.30. The highest BCUT2D eigenvalue weighted by Crippen LogP contribution is 2.48. The monoisotopic (exact) mass is 729 g/mol. The van der Waals surface area contributed by atoms with Gasteiger partial charge < -0.3 is 4.90 Å². The Balaban J connectivity index is 1.19. The highest BCUT2D eigenvalue weighted by Gasteiger charge is 2.21. The average Bonchev–Trinajstić information content (AvgIpc) is 3.64. The van der Waals surface area contributed by atoms with Gasteiger partial charge >= 0.3 is 0 Å². The Labute approximate surface area is 330 Å². The number of nitrogens with zero attached hydrogens (tertiary/aromatic N) is 1. The summed E-state index contributed by atoms with van der Waals surface area (Å²) < 4.78 is 2.59. The topological polar surface area (TPSA) is 3.24 Å². The van der Waals surface area contributed by atoms with Crippen LogP contribution in [0.4, 0.5) is 17.1 Å². The standard InChI is InChI=1S/C54H35NS/c1-3-15-37(16-4-1)53-49-24-10-9-22-45(49)46-30-28-43(34-50(46)54(53)38-17-5-2-6-18-38)55(44-29-31-48-47-23-11-12-25-51(47)56-52(48)35-44)42-21-13-20-40(33-42)41-27-26-36-14-7-8-19-39(36)32-41/h1-35H. The normalized spacial score (nSPS) is 11.6. The van der Waals surface area contributed by atoms with Crippen LogP contribution < -0.4 is 4.90 Å². The zero-order chi connectivity index (χ0) is 37.0. The highest BCUT2D eigenvalue weighted by molar-refractivity contribution is 7.25. The largest absolute Gasteiger partial charge is 0.310 e. The zero-order valence-corrected chi connectivity index (χ0v) is 31.4. The van der Waals surface area contributed by atoms with E-state index in [9.17, 15) is 0 Å². The summed E-state index contributed by atoms with van der Waals surface area (Å²) in [4.78, 5) is 2.44. The average molecular weight is 730 g/mol. The van der Waals surface area contributed by atoms with Gasteiger partial charge in [-0.15, -0.1) is 11.3 Å². The van der Waals surface area contributed by atoms with Gasteiger partial charge in [0.2, 0.25) is 0 Å². The van der Waals surface area contributed by atoms with Gasteiger partial charge in [0, 0.05) is 37.2 Å². The molecule has 1 aromatic heterocycles. The van der Waals surface area contributed by atoms with E-state index >= 15 is 0 Å². The fraction of sp³-hybridized carbons (Fsp3) is 0. The van der Waals surface area contributed by atoms with Gasteiger partial charge in [-0.05, 0) is 114 Å². The van der Waals surface area contributed by atoms with Gasteiger partial charge in [-0.25, -0.2) is 0 Å². The molecule has 0 aliphatic carbocycles. The molecular formula is C54H35NS. The first-order valence-electron chi connectivity index (χ1n) is 19.2. The zero-order valence-electron chi connectivity index (χ0n) is 30.6. The summed E-state index contributed by atoms with van der Waals surface area (Å²) in [7, 11) is 0. The molecule has 0 amide bonds. The summed E-state index contributed by atoms with van der Waals surface area (Å²) in [5.74, 6) is 0. The number of fused-ring (bicyclic) bond motifs is 7. The molecule has 11 rings (SSSR count). The number of anilines is 3. The first-order chi connectivity index (χ1) is 27.8. The third-order valence-electron chi connectivity index (χ3n) is 11.2. The lowest BCUT2D eigenvalue weighted by Gasteiger charge is -2.27. The number of thiophene rings is 1. The van der Waals surface area contributed by atoms with Crippen molar-refractivity contribution in [1.29, 1.82) is 0 Å². The fourth-order valence-electron chi connectivity index (χ4n) is 8.62. The van der Waals surface area contributed by atoms with Gasteiger partial charge in [0.1, 0.15) is 0 Å². The van der Waals surface area contributed by atoms with Crippen molar-refractivity contribution in [2.24, 2.45) is 0 Å². The Hall–Kier alpha value is -7.00. The lowest BCUT2D eigenvalue weighted by Crippen LogP contribution is -2.10. The smallest absolute Gasteiger partial charge is 0.0476 e. The van der Waals surface area contributed by atoms with Gasteiger partial charge in [0.15, 0.2) is 0 Å². The number of rotatable bonds is 6. The van der Waals surface area contributed by atoms with Crippen molar-refractivity contribution in [2.75, 3.05) is 4.90 Å². The predicted molar refractivity (Wildman–Crippen MR) is 243 cm³/mol. The second-order valence-corrected chi connectivity index (χ2v) is 15.6. The van der Waals surface area contributed by atoms with Crippen molar-refractivity contribution in [1.82, 2.24) is 0 Å². The van der Waals surface area contributed by atoms with Crippen molar-refractivity contribution in [3.8, 4) is 33.4 Å². The van der Waals surface area contributed by atoms with Crippen LogP contribution in [0.15, 0.2) is 212 Å². The van der Waals surface area contributed by atoms with Crippen LogP contribution >= 0.6 is 11.3 Å². The first-order valence-corrected chi connectivity index (χ1v) is 20.0. The number of hydrogen-bond acceptors (Lipinski definition) is 2. The third kappa shape index (κ3) is 5.46. The van der Waals surface area contributed by atoms with Crippen LogP contribution in [-0.2, 0) is 0 Å². The molecule has 0 N–H and O–H groups in total.